The van der Waals surface area contributed by atoms with Crippen molar-refractivity contribution in [2.24, 2.45) is 0 Å². The van der Waals surface area contributed by atoms with E-state index in [1.807, 2.05) is 4.90 Å². The lowest BCUT2D eigenvalue weighted by Crippen LogP contribution is -2.56. The van der Waals surface area contributed by atoms with E-state index in [1.165, 1.54) is 30.3 Å². The van der Waals surface area contributed by atoms with Crippen LogP contribution in [-0.4, -0.2) is 105 Å². The van der Waals surface area contributed by atoms with Gasteiger partial charge in [0.1, 0.15) is 23.2 Å². The minimum absolute atomic E-state index is 0.108. The lowest BCUT2D eigenvalue weighted by Gasteiger charge is -2.31. The lowest BCUT2D eigenvalue weighted by molar-refractivity contribution is -0.123. The van der Waals surface area contributed by atoms with Crippen LogP contribution in [0.1, 0.15) is 33.1 Å². The van der Waals surface area contributed by atoms with E-state index in [1.54, 1.807) is 12.1 Å². The summed E-state index contributed by atoms with van der Waals surface area (Å²) in [7, 11) is -1.84. The second-order valence-corrected chi connectivity index (χ2v) is 11.3. The molecule has 2 atom stereocenters. The number of hydrogen-bond donors (Lipinski definition) is 8. The lowest BCUT2D eigenvalue weighted by atomic mass is 9.72. The third-order valence-electron chi connectivity index (χ3n) is 8.11. The quantitative estimate of drug-likeness (QED) is 0.118. The van der Waals surface area contributed by atoms with Gasteiger partial charge in [0.05, 0.1) is 12.6 Å². The van der Waals surface area contributed by atoms with Crippen LogP contribution >= 0.6 is 0 Å². The number of halogens is 2. The van der Waals surface area contributed by atoms with Gasteiger partial charge in [-0.3, -0.25) is 14.7 Å². The number of anilines is 1. The van der Waals surface area contributed by atoms with Crippen molar-refractivity contribution in [2.75, 3.05) is 38.2 Å². The third kappa shape index (κ3) is 7.73. The van der Waals surface area contributed by atoms with E-state index in [0.29, 0.717) is 18.8 Å². The number of aromatic hydroxyl groups is 2. The number of amides is 5. The number of carboxylic acids is 1. The number of benzene rings is 2. The number of aromatic nitrogens is 1. The van der Waals surface area contributed by atoms with Gasteiger partial charge in [-0.2, -0.15) is 0 Å². The number of nitrogens with one attached hydrogen (secondary N) is 4. The van der Waals surface area contributed by atoms with Crippen LogP contribution in [0.3, 0.4) is 0 Å². The van der Waals surface area contributed by atoms with E-state index in [9.17, 15) is 48.3 Å². The van der Waals surface area contributed by atoms with Gasteiger partial charge in [0.25, 0.3) is 0 Å². The van der Waals surface area contributed by atoms with Gasteiger partial charge >= 0.3 is 25.1 Å². The highest BCUT2D eigenvalue weighted by Crippen LogP contribution is 2.37. The molecule has 0 spiro atoms. The Morgan fingerprint density at radius 2 is 1.82 bits per heavy atom. The molecule has 0 radical (unpaired) electrons. The van der Waals surface area contributed by atoms with Crippen LogP contribution in [0.2, 0.25) is 0 Å². The van der Waals surface area contributed by atoms with E-state index in [-0.39, 0.29) is 42.9 Å². The molecule has 1 unspecified atom stereocenters. The highest BCUT2D eigenvalue weighted by molar-refractivity contribution is 6.47. The average Bonchev–Trinajstić information content (AvgIpc) is 3.54. The Hall–Kier alpha value is -5.69. The first-order valence-electron chi connectivity index (χ1n) is 15.0. The molecular weight excluding hydrogens is 651 g/mol. The molecule has 5 amide bonds. The zero-order valence-corrected chi connectivity index (χ0v) is 25.9. The second kappa shape index (κ2) is 14.6. The number of carboxylic acid groups (broad SMARTS) is 1. The summed E-state index contributed by atoms with van der Waals surface area (Å²) in [5, 5.41) is 50.6. The first kappa shape index (κ1) is 34.6. The standard InChI is InChI=1S/C30H32BF2N7O9/c1-15-18(13-20(33)25(42)24(15)41)23(27(43)37-21-12-16-2-3-19(32)22(28(44)45)26(16)49-31(21)48)38-30(47)40-11-10-39(14-40)9-8-35-29(46)36-17-4-6-34-7-5-17/h2-7,13,21,23,41-42,48H,8-12,14H2,1H3,(H,37,43)(H,38,47)(H,44,45)(H2,34,35,36,46)/t21-,23?/m0/s1. The highest BCUT2D eigenvalue weighted by atomic mass is 19.1. The molecule has 19 heteroatoms. The molecule has 0 bridgehead atoms. The number of hydrogen-bond acceptors (Lipinski definition) is 10. The molecular formula is C30H32BF2N7O9. The van der Waals surface area contributed by atoms with E-state index in [2.05, 4.69) is 26.3 Å². The molecule has 1 saturated heterocycles. The van der Waals surface area contributed by atoms with Gasteiger partial charge in [0.15, 0.2) is 17.3 Å². The predicted octanol–water partition coefficient (Wildman–Crippen LogP) is 1.06. The molecule has 1 fully saturated rings. The maximum Gasteiger partial charge on any atom is 0.547 e. The van der Waals surface area contributed by atoms with Crippen molar-refractivity contribution in [3.05, 3.63) is 76.6 Å². The van der Waals surface area contributed by atoms with Gasteiger partial charge in [-0.25, -0.2) is 23.2 Å². The van der Waals surface area contributed by atoms with Crippen molar-refractivity contribution in [1.82, 2.24) is 30.7 Å². The van der Waals surface area contributed by atoms with Crippen molar-refractivity contribution < 1.29 is 53.0 Å². The smallest absolute Gasteiger partial charge is 0.534 e. The fraction of sp³-hybridized carbons (Fsp3) is 0.300. The van der Waals surface area contributed by atoms with Crippen LogP contribution in [0.25, 0.3) is 0 Å². The number of carbonyl (C=O) groups excluding carboxylic acids is 3. The molecule has 2 aliphatic rings. The van der Waals surface area contributed by atoms with Crippen LogP contribution in [-0.2, 0) is 11.2 Å². The van der Waals surface area contributed by atoms with Crippen LogP contribution in [0.5, 0.6) is 17.2 Å². The largest absolute Gasteiger partial charge is 0.547 e. The van der Waals surface area contributed by atoms with E-state index in [0.717, 1.165) is 12.1 Å². The summed E-state index contributed by atoms with van der Waals surface area (Å²) < 4.78 is 34.1. The zero-order valence-electron chi connectivity index (χ0n) is 25.9. The third-order valence-corrected chi connectivity index (χ3v) is 8.11. The number of fused-ring (bicyclic) bond motifs is 1. The van der Waals surface area contributed by atoms with Crippen LogP contribution < -0.4 is 25.9 Å². The first-order valence-corrected chi connectivity index (χ1v) is 15.0. The SMILES string of the molecule is Cc1c(C(NC(=O)N2CCN(CCNC(=O)Nc3ccncc3)C2)C(=O)N[C@H]2Cc3ccc(F)c(C(=O)O)c3OB2O)cc(F)c(O)c1O. The van der Waals surface area contributed by atoms with Gasteiger partial charge in [-0.15, -0.1) is 0 Å². The fourth-order valence-electron chi connectivity index (χ4n) is 5.50. The predicted molar refractivity (Wildman–Crippen MR) is 168 cm³/mol. The maximum atomic E-state index is 14.6. The molecule has 5 rings (SSSR count). The van der Waals surface area contributed by atoms with Crippen molar-refractivity contribution in [1.29, 1.82) is 0 Å². The Balaban J connectivity index is 1.27. The number of rotatable bonds is 9. The fourth-order valence-corrected chi connectivity index (χ4v) is 5.50. The second-order valence-electron chi connectivity index (χ2n) is 11.3. The monoisotopic (exact) mass is 683 g/mol. The Kier molecular flexibility index (Phi) is 10.3. The molecule has 2 aromatic carbocycles. The summed E-state index contributed by atoms with van der Waals surface area (Å²) in [5.74, 6) is -8.49. The van der Waals surface area contributed by atoms with Crippen LogP contribution in [0, 0.1) is 18.6 Å². The summed E-state index contributed by atoms with van der Waals surface area (Å²) in [6, 6.07) is 3.33. The minimum atomic E-state index is -1.84. The summed E-state index contributed by atoms with van der Waals surface area (Å²) in [4.78, 5) is 58.0. The molecule has 0 aliphatic carbocycles. The summed E-state index contributed by atoms with van der Waals surface area (Å²) in [6.45, 7) is 2.68. The molecule has 49 heavy (non-hydrogen) atoms. The number of nitrogens with zero attached hydrogens (tertiary/aromatic N) is 3. The van der Waals surface area contributed by atoms with Crippen molar-refractivity contribution in [3.8, 4) is 17.2 Å². The maximum absolute atomic E-state index is 14.6. The van der Waals surface area contributed by atoms with Crippen molar-refractivity contribution in [2.45, 2.75) is 25.3 Å². The molecule has 3 heterocycles. The van der Waals surface area contributed by atoms with Gasteiger partial charge in [0, 0.05) is 49.8 Å². The van der Waals surface area contributed by atoms with Crippen LogP contribution in [0.4, 0.5) is 24.1 Å². The molecule has 2 aliphatic heterocycles. The van der Waals surface area contributed by atoms with Crippen LogP contribution in [0.15, 0.2) is 42.7 Å². The van der Waals surface area contributed by atoms with Gasteiger partial charge in [-0.1, -0.05) is 6.07 Å². The van der Waals surface area contributed by atoms with E-state index < -0.39 is 77.5 Å². The number of pyridine rings is 1. The first-order chi connectivity index (χ1) is 23.3. The Bertz CT molecular complexity index is 1770. The Morgan fingerprint density at radius 1 is 1.08 bits per heavy atom. The normalized spacial score (nSPS) is 16.3. The molecule has 1 aromatic heterocycles. The summed E-state index contributed by atoms with van der Waals surface area (Å²) >= 11 is 0. The molecule has 16 nitrogen and oxygen atoms in total. The van der Waals surface area contributed by atoms with Gasteiger partial charge in [0.2, 0.25) is 5.91 Å². The number of phenols is 2. The van der Waals surface area contributed by atoms with Gasteiger partial charge < -0.3 is 51.2 Å². The Morgan fingerprint density at radius 3 is 2.53 bits per heavy atom. The number of phenolic OH excluding ortho intramolecular Hbond substituents is 2. The zero-order chi connectivity index (χ0) is 35.4. The Labute approximate surface area is 277 Å². The average molecular weight is 683 g/mol. The number of urea groups is 2. The topological polar surface area (TPSA) is 226 Å². The van der Waals surface area contributed by atoms with E-state index >= 15 is 0 Å². The molecule has 258 valence electrons. The number of carbonyl (C=O) groups is 4. The molecule has 3 aromatic rings. The van der Waals surface area contributed by atoms with Gasteiger partial charge in [-0.05, 0) is 48.7 Å². The molecule has 8 N–H and O–H groups in total. The molecule has 0 saturated carbocycles. The van der Waals surface area contributed by atoms with Crippen molar-refractivity contribution >= 4 is 36.7 Å². The van der Waals surface area contributed by atoms with E-state index in [4.69, 9.17) is 4.65 Å². The highest BCUT2D eigenvalue weighted by Gasteiger charge is 2.41. The number of aromatic carboxylic acids is 1. The minimum Gasteiger partial charge on any atom is -0.534 e. The summed E-state index contributed by atoms with van der Waals surface area (Å²) in [5.41, 5.74) is -0.390. The van der Waals surface area contributed by atoms with Crippen molar-refractivity contribution in [3.63, 3.8) is 0 Å². The summed E-state index contributed by atoms with van der Waals surface area (Å²) in [6.07, 6.45) is 2.86.